The molecule has 2 heterocycles. The third-order valence-electron chi connectivity index (χ3n) is 5.18. The van der Waals surface area contributed by atoms with Crippen LogP contribution in [0.15, 0.2) is 33.0 Å². The highest BCUT2D eigenvalue weighted by Gasteiger charge is 2.43. The molecule has 3 rings (SSSR count). The van der Waals surface area contributed by atoms with Crippen molar-refractivity contribution < 1.29 is 44.5 Å². The lowest BCUT2D eigenvalue weighted by atomic mass is 9.99. The van der Waals surface area contributed by atoms with Crippen molar-refractivity contribution in [3.05, 3.63) is 45.3 Å². The highest BCUT2D eigenvalue weighted by molar-refractivity contribution is 5.86. The first-order chi connectivity index (χ1) is 14.6. The molecule has 5 atom stereocenters. The lowest BCUT2D eigenvalue weighted by molar-refractivity contribution is -0.299. The minimum atomic E-state index is -1.54. The fourth-order valence-corrected chi connectivity index (χ4v) is 3.41. The molecule has 10 nitrogen and oxygen atoms in total. The Hall–Kier alpha value is -2.47. The van der Waals surface area contributed by atoms with Crippen LogP contribution in [0.4, 0.5) is 0 Å². The van der Waals surface area contributed by atoms with Gasteiger partial charge in [0.1, 0.15) is 52.6 Å². The number of aryl methyl sites for hydroxylation is 1. The summed E-state index contributed by atoms with van der Waals surface area (Å²) in [7, 11) is 0. The number of aromatic hydroxyl groups is 2. The molecule has 0 aliphatic carbocycles. The standard InChI is InChI=1S/C21H26O10/c1-9(8-29-21-20(28)19(27)18(26)15(7-22)31-21)3-4-11-12(23)6-14-16(17(11)25)13(24)5-10(2)30-14/h3,5-6,15,18-23,25-28H,4,7-8H2,1-2H3/b9-3-/t15?,18-,19?,20?,21-/m1/s1. The van der Waals surface area contributed by atoms with Crippen LogP contribution in [0.1, 0.15) is 18.2 Å². The van der Waals surface area contributed by atoms with Crippen molar-refractivity contribution >= 4 is 11.0 Å². The van der Waals surface area contributed by atoms with Gasteiger partial charge >= 0.3 is 0 Å². The van der Waals surface area contributed by atoms with Crippen molar-refractivity contribution in [1.29, 1.82) is 0 Å². The first-order valence-corrected chi connectivity index (χ1v) is 9.70. The monoisotopic (exact) mass is 438 g/mol. The predicted octanol–water partition coefficient (Wildman–Crippen LogP) is -0.182. The second-order valence-corrected chi connectivity index (χ2v) is 7.58. The highest BCUT2D eigenvalue weighted by atomic mass is 16.7. The molecule has 0 spiro atoms. The summed E-state index contributed by atoms with van der Waals surface area (Å²) in [6, 6.07) is 2.52. The maximum Gasteiger partial charge on any atom is 0.196 e. The number of benzene rings is 1. The van der Waals surface area contributed by atoms with Gasteiger partial charge in [0, 0.05) is 17.7 Å². The summed E-state index contributed by atoms with van der Waals surface area (Å²) in [5.41, 5.74) is 0.419. The molecule has 1 aliphatic heterocycles. The minimum absolute atomic E-state index is 0.0259. The SMILES string of the molecule is C/C(=C/Cc1c(O)cc2oc(C)cc(=O)c2c1O)CO[C@@H]1OC(CO)[C@@H](O)C(O)C1O. The minimum Gasteiger partial charge on any atom is -0.507 e. The zero-order valence-electron chi connectivity index (χ0n) is 17.1. The van der Waals surface area contributed by atoms with Crippen LogP contribution >= 0.6 is 0 Å². The molecule has 31 heavy (non-hydrogen) atoms. The molecule has 1 saturated heterocycles. The number of aliphatic hydroxyl groups is 4. The topological polar surface area (TPSA) is 170 Å². The Morgan fingerprint density at radius 1 is 1.16 bits per heavy atom. The average molecular weight is 438 g/mol. The van der Waals surface area contributed by atoms with Gasteiger partial charge in [0.25, 0.3) is 0 Å². The number of phenols is 2. The highest BCUT2D eigenvalue weighted by Crippen LogP contribution is 2.35. The van der Waals surface area contributed by atoms with Crippen LogP contribution in [-0.4, -0.2) is 74.6 Å². The lowest BCUT2D eigenvalue weighted by Gasteiger charge is -2.39. The molecule has 0 saturated carbocycles. The summed E-state index contributed by atoms with van der Waals surface area (Å²) < 4.78 is 16.1. The summed E-state index contributed by atoms with van der Waals surface area (Å²) in [6.45, 7) is 2.67. The van der Waals surface area contributed by atoms with Gasteiger partial charge in [-0.2, -0.15) is 0 Å². The molecule has 1 aromatic carbocycles. The van der Waals surface area contributed by atoms with Gasteiger partial charge in [0.2, 0.25) is 0 Å². The molecule has 0 radical (unpaired) electrons. The van der Waals surface area contributed by atoms with Crippen molar-refractivity contribution in [2.45, 2.75) is 51.0 Å². The van der Waals surface area contributed by atoms with Crippen LogP contribution in [-0.2, 0) is 15.9 Å². The second-order valence-electron chi connectivity index (χ2n) is 7.58. The van der Waals surface area contributed by atoms with E-state index in [2.05, 4.69) is 0 Å². The Balaban J connectivity index is 1.72. The third-order valence-corrected chi connectivity index (χ3v) is 5.18. The molecule has 1 fully saturated rings. The van der Waals surface area contributed by atoms with E-state index in [-0.39, 0.29) is 41.1 Å². The zero-order chi connectivity index (χ0) is 22.9. The summed E-state index contributed by atoms with van der Waals surface area (Å²) in [5.74, 6) is -0.259. The molecular formula is C21H26O10. The van der Waals surface area contributed by atoms with Crippen molar-refractivity contribution in [1.82, 2.24) is 0 Å². The maximum atomic E-state index is 12.2. The maximum absolute atomic E-state index is 12.2. The van der Waals surface area contributed by atoms with Crippen LogP contribution in [0.2, 0.25) is 0 Å². The molecule has 2 aromatic rings. The largest absolute Gasteiger partial charge is 0.507 e. The van der Waals surface area contributed by atoms with Gasteiger partial charge in [-0.05, 0) is 20.3 Å². The molecule has 6 N–H and O–H groups in total. The van der Waals surface area contributed by atoms with Gasteiger partial charge in [-0.3, -0.25) is 4.79 Å². The summed E-state index contributed by atoms with van der Waals surface area (Å²) in [5, 5.41) is 59.5. The fourth-order valence-electron chi connectivity index (χ4n) is 3.41. The summed E-state index contributed by atoms with van der Waals surface area (Å²) in [6.07, 6.45) is -5.16. The Morgan fingerprint density at radius 3 is 2.55 bits per heavy atom. The molecule has 1 aromatic heterocycles. The van der Waals surface area contributed by atoms with Gasteiger partial charge in [-0.1, -0.05) is 11.6 Å². The third kappa shape index (κ3) is 4.74. The van der Waals surface area contributed by atoms with E-state index in [1.807, 2.05) is 0 Å². The lowest BCUT2D eigenvalue weighted by Crippen LogP contribution is -2.59. The van der Waals surface area contributed by atoms with E-state index in [0.29, 0.717) is 11.3 Å². The smallest absolute Gasteiger partial charge is 0.196 e. The number of rotatable bonds is 6. The number of hydrogen-bond acceptors (Lipinski definition) is 10. The Labute approximate surface area is 177 Å². The quantitative estimate of drug-likeness (QED) is 0.333. The Morgan fingerprint density at radius 2 is 1.87 bits per heavy atom. The van der Waals surface area contributed by atoms with Gasteiger partial charge < -0.3 is 44.5 Å². The zero-order valence-corrected chi connectivity index (χ0v) is 17.1. The molecule has 0 amide bonds. The van der Waals surface area contributed by atoms with Crippen molar-refractivity contribution in [3.8, 4) is 11.5 Å². The van der Waals surface area contributed by atoms with E-state index in [0.717, 1.165) is 0 Å². The number of fused-ring (bicyclic) bond motifs is 1. The molecule has 10 heteroatoms. The van der Waals surface area contributed by atoms with Crippen LogP contribution in [0.25, 0.3) is 11.0 Å². The molecule has 3 unspecified atom stereocenters. The first kappa shape index (κ1) is 23.2. The van der Waals surface area contributed by atoms with Crippen LogP contribution in [0.3, 0.4) is 0 Å². The van der Waals surface area contributed by atoms with E-state index in [1.54, 1.807) is 19.9 Å². The van der Waals surface area contributed by atoms with E-state index in [4.69, 9.17) is 13.9 Å². The van der Waals surface area contributed by atoms with Gasteiger partial charge in [0.15, 0.2) is 11.7 Å². The van der Waals surface area contributed by atoms with Crippen LogP contribution < -0.4 is 5.43 Å². The van der Waals surface area contributed by atoms with Crippen molar-refractivity contribution in [2.24, 2.45) is 0 Å². The van der Waals surface area contributed by atoms with E-state index in [9.17, 15) is 35.4 Å². The van der Waals surface area contributed by atoms with Crippen LogP contribution in [0.5, 0.6) is 11.5 Å². The summed E-state index contributed by atoms with van der Waals surface area (Å²) >= 11 is 0. The second kappa shape index (κ2) is 9.35. The first-order valence-electron chi connectivity index (χ1n) is 9.70. The molecular weight excluding hydrogens is 412 g/mol. The molecule has 170 valence electrons. The fraction of sp³-hybridized carbons (Fsp3) is 0.476. The van der Waals surface area contributed by atoms with Gasteiger partial charge in [-0.25, -0.2) is 0 Å². The normalized spacial score (nSPS) is 27.0. The number of aliphatic hydroxyl groups excluding tert-OH is 4. The van der Waals surface area contributed by atoms with Crippen LogP contribution in [0, 0.1) is 6.92 Å². The van der Waals surface area contributed by atoms with Gasteiger partial charge in [-0.15, -0.1) is 0 Å². The predicted molar refractivity (Wildman–Crippen MR) is 108 cm³/mol. The number of ether oxygens (including phenoxy) is 2. The number of phenolic OH excluding ortho intramolecular Hbond substituents is 2. The van der Waals surface area contributed by atoms with Gasteiger partial charge in [0.05, 0.1) is 13.2 Å². The van der Waals surface area contributed by atoms with E-state index in [1.165, 1.54) is 12.1 Å². The average Bonchev–Trinajstić information content (AvgIpc) is 2.70. The number of allylic oxidation sites excluding steroid dienone is 1. The molecule has 1 aliphatic rings. The van der Waals surface area contributed by atoms with Crippen molar-refractivity contribution in [3.63, 3.8) is 0 Å². The molecule has 0 bridgehead atoms. The van der Waals surface area contributed by atoms with Crippen molar-refractivity contribution in [2.75, 3.05) is 13.2 Å². The Kier molecular flexibility index (Phi) is 6.99. The van der Waals surface area contributed by atoms with E-state index >= 15 is 0 Å². The summed E-state index contributed by atoms with van der Waals surface area (Å²) in [4.78, 5) is 12.2. The number of hydrogen-bond donors (Lipinski definition) is 6. The van der Waals surface area contributed by atoms with E-state index < -0.39 is 42.7 Å². The Bertz CT molecular complexity index is 1020.